The van der Waals surface area contributed by atoms with E-state index in [0.717, 1.165) is 19.1 Å². The number of nitrogens with zero attached hydrogens (tertiary/aromatic N) is 1. The minimum Gasteiger partial charge on any atom is -0.383 e. The molecule has 1 aliphatic rings. The quantitative estimate of drug-likeness (QED) is 0.672. The Kier molecular flexibility index (Phi) is 8.46. The summed E-state index contributed by atoms with van der Waals surface area (Å²) in [4.78, 5) is 2.49. The molecule has 0 aromatic carbocycles. The lowest BCUT2D eigenvalue weighted by molar-refractivity contribution is 0.123. The van der Waals surface area contributed by atoms with E-state index in [9.17, 15) is 0 Å². The van der Waals surface area contributed by atoms with Crippen LogP contribution in [0.15, 0.2) is 0 Å². The second kappa shape index (κ2) is 8.52. The van der Waals surface area contributed by atoms with E-state index in [1.165, 1.54) is 25.9 Å². The molecule has 0 N–H and O–H groups in total. The highest BCUT2D eigenvalue weighted by molar-refractivity contribution is 4.68. The van der Waals surface area contributed by atoms with Crippen molar-refractivity contribution in [1.82, 2.24) is 4.90 Å². The van der Waals surface area contributed by atoms with Crippen molar-refractivity contribution in [2.24, 2.45) is 5.92 Å². The van der Waals surface area contributed by atoms with Gasteiger partial charge in [0.15, 0.2) is 0 Å². The molecular formula is C11H25NO. The summed E-state index contributed by atoms with van der Waals surface area (Å²) in [7, 11) is 1.77. The van der Waals surface area contributed by atoms with Crippen LogP contribution in [0, 0.1) is 5.92 Å². The van der Waals surface area contributed by atoms with E-state index in [1.54, 1.807) is 7.11 Å². The zero-order valence-electron chi connectivity index (χ0n) is 9.68. The van der Waals surface area contributed by atoms with Gasteiger partial charge in [-0.25, -0.2) is 0 Å². The maximum absolute atomic E-state index is 5.03. The van der Waals surface area contributed by atoms with Gasteiger partial charge in [-0.2, -0.15) is 0 Å². The highest BCUT2D eigenvalue weighted by atomic mass is 16.5. The Morgan fingerprint density at radius 2 is 1.77 bits per heavy atom. The van der Waals surface area contributed by atoms with Crippen molar-refractivity contribution >= 4 is 0 Å². The van der Waals surface area contributed by atoms with Crippen LogP contribution in [-0.4, -0.2) is 38.3 Å². The predicted molar refractivity (Wildman–Crippen MR) is 58.1 cm³/mol. The fraction of sp³-hybridized carbons (Fsp3) is 1.00. The SMILES string of the molecule is CC.COCCN1CCC(C)CC1. The number of hydrogen-bond donors (Lipinski definition) is 0. The van der Waals surface area contributed by atoms with Crippen LogP contribution in [0.2, 0.25) is 0 Å². The molecule has 1 aliphatic heterocycles. The van der Waals surface area contributed by atoms with Crippen LogP contribution >= 0.6 is 0 Å². The van der Waals surface area contributed by atoms with Crippen molar-refractivity contribution in [2.75, 3.05) is 33.4 Å². The Morgan fingerprint density at radius 3 is 2.23 bits per heavy atom. The van der Waals surface area contributed by atoms with Gasteiger partial charge in [0.2, 0.25) is 0 Å². The van der Waals surface area contributed by atoms with Crippen LogP contribution in [0.25, 0.3) is 0 Å². The minimum absolute atomic E-state index is 0.883. The van der Waals surface area contributed by atoms with Crippen molar-refractivity contribution in [2.45, 2.75) is 33.6 Å². The Morgan fingerprint density at radius 1 is 1.23 bits per heavy atom. The van der Waals surface area contributed by atoms with E-state index < -0.39 is 0 Å². The summed E-state index contributed by atoms with van der Waals surface area (Å²) in [5.74, 6) is 0.939. The van der Waals surface area contributed by atoms with E-state index >= 15 is 0 Å². The van der Waals surface area contributed by atoms with Gasteiger partial charge in [0, 0.05) is 13.7 Å². The number of methoxy groups -OCH3 is 1. The van der Waals surface area contributed by atoms with Crippen molar-refractivity contribution < 1.29 is 4.74 Å². The normalized spacial score (nSPS) is 19.4. The second-order valence-electron chi connectivity index (χ2n) is 3.52. The zero-order valence-corrected chi connectivity index (χ0v) is 9.68. The molecule has 0 spiro atoms. The van der Waals surface area contributed by atoms with Gasteiger partial charge in [0.25, 0.3) is 0 Å². The molecule has 0 aromatic heterocycles. The van der Waals surface area contributed by atoms with E-state index in [-0.39, 0.29) is 0 Å². The molecule has 2 nitrogen and oxygen atoms in total. The van der Waals surface area contributed by atoms with Crippen LogP contribution in [0.1, 0.15) is 33.6 Å². The first-order valence-corrected chi connectivity index (χ1v) is 5.54. The van der Waals surface area contributed by atoms with Gasteiger partial charge in [0.1, 0.15) is 0 Å². The Balaban J connectivity index is 0.000000671. The molecule has 1 saturated heterocycles. The predicted octanol–water partition coefficient (Wildman–Crippen LogP) is 2.39. The minimum atomic E-state index is 0.883. The van der Waals surface area contributed by atoms with Crippen molar-refractivity contribution in [1.29, 1.82) is 0 Å². The molecule has 0 atom stereocenters. The highest BCUT2D eigenvalue weighted by Gasteiger charge is 2.14. The lowest BCUT2D eigenvalue weighted by Gasteiger charge is -2.29. The lowest BCUT2D eigenvalue weighted by atomic mass is 9.99. The first-order valence-electron chi connectivity index (χ1n) is 5.54. The van der Waals surface area contributed by atoms with Crippen molar-refractivity contribution in [3.05, 3.63) is 0 Å². The molecule has 1 fully saturated rings. The third-order valence-electron chi connectivity index (χ3n) is 2.49. The molecule has 1 heterocycles. The summed E-state index contributed by atoms with van der Waals surface area (Å²) in [6, 6.07) is 0. The van der Waals surface area contributed by atoms with Gasteiger partial charge in [-0.05, 0) is 31.8 Å². The first kappa shape index (κ1) is 12.9. The van der Waals surface area contributed by atoms with Gasteiger partial charge in [-0.1, -0.05) is 20.8 Å². The Bertz CT molecular complexity index is 95.5. The van der Waals surface area contributed by atoms with E-state index in [0.29, 0.717) is 0 Å². The van der Waals surface area contributed by atoms with Gasteiger partial charge >= 0.3 is 0 Å². The van der Waals surface area contributed by atoms with Crippen LogP contribution in [-0.2, 0) is 4.74 Å². The molecule has 0 bridgehead atoms. The van der Waals surface area contributed by atoms with Crippen molar-refractivity contribution in [3.8, 4) is 0 Å². The molecule has 0 aliphatic carbocycles. The average Bonchev–Trinajstić information content (AvgIpc) is 2.20. The molecule has 13 heavy (non-hydrogen) atoms. The molecule has 0 aromatic rings. The second-order valence-corrected chi connectivity index (χ2v) is 3.52. The van der Waals surface area contributed by atoms with Crippen LogP contribution in [0.5, 0.6) is 0 Å². The van der Waals surface area contributed by atoms with E-state index in [4.69, 9.17) is 4.74 Å². The average molecular weight is 187 g/mol. The summed E-state index contributed by atoms with van der Waals surface area (Å²) in [5, 5.41) is 0. The molecule has 0 radical (unpaired) electrons. The van der Waals surface area contributed by atoms with Crippen LogP contribution in [0.3, 0.4) is 0 Å². The number of ether oxygens (including phenoxy) is 1. The maximum atomic E-state index is 5.03. The number of rotatable bonds is 3. The third kappa shape index (κ3) is 6.05. The highest BCUT2D eigenvalue weighted by Crippen LogP contribution is 2.15. The van der Waals surface area contributed by atoms with Crippen molar-refractivity contribution in [3.63, 3.8) is 0 Å². The van der Waals surface area contributed by atoms with Gasteiger partial charge in [-0.15, -0.1) is 0 Å². The maximum Gasteiger partial charge on any atom is 0.0589 e. The molecule has 2 heteroatoms. The smallest absolute Gasteiger partial charge is 0.0589 e. The third-order valence-corrected chi connectivity index (χ3v) is 2.49. The monoisotopic (exact) mass is 187 g/mol. The van der Waals surface area contributed by atoms with Gasteiger partial charge in [0.05, 0.1) is 6.61 Å². The lowest BCUT2D eigenvalue weighted by Crippen LogP contribution is -2.35. The summed E-state index contributed by atoms with van der Waals surface area (Å²) in [6.45, 7) is 10.9. The number of hydrogen-bond acceptors (Lipinski definition) is 2. The fourth-order valence-electron chi connectivity index (χ4n) is 1.51. The number of piperidine rings is 1. The van der Waals surface area contributed by atoms with E-state index in [2.05, 4.69) is 11.8 Å². The summed E-state index contributed by atoms with van der Waals surface area (Å²) < 4.78 is 5.03. The largest absolute Gasteiger partial charge is 0.383 e. The summed E-state index contributed by atoms with van der Waals surface area (Å²) >= 11 is 0. The summed E-state index contributed by atoms with van der Waals surface area (Å²) in [6.07, 6.45) is 2.73. The zero-order chi connectivity index (χ0) is 10.1. The molecule has 80 valence electrons. The molecule has 0 unspecified atom stereocenters. The molecule has 1 rings (SSSR count). The Labute approximate surface area is 83.3 Å². The van der Waals surface area contributed by atoms with Crippen LogP contribution in [0.4, 0.5) is 0 Å². The summed E-state index contributed by atoms with van der Waals surface area (Å²) in [5.41, 5.74) is 0. The van der Waals surface area contributed by atoms with E-state index in [1.807, 2.05) is 13.8 Å². The first-order chi connectivity index (χ1) is 6.33. The van der Waals surface area contributed by atoms with Gasteiger partial charge in [-0.3, -0.25) is 0 Å². The molecule has 0 amide bonds. The molecular weight excluding hydrogens is 162 g/mol. The van der Waals surface area contributed by atoms with Gasteiger partial charge < -0.3 is 9.64 Å². The molecule has 0 saturated carbocycles. The standard InChI is InChI=1S/C9H19NO.C2H6/c1-9-3-5-10(6-4-9)7-8-11-2;1-2/h9H,3-8H2,1-2H3;1-2H3. The topological polar surface area (TPSA) is 12.5 Å². The Hall–Kier alpha value is -0.0800. The van der Waals surface area contributed by atoms with Crippen LogP contribution < -0.4 is 0 Å². The fourth-order valence-corrected chi connectivity index (χ4v) is 1.51. The number of likely N-dealkylation sites (tertiary alicyclic amines) is 1.